The highest BCUT2D eigenvalue weighted by molar-refractivity contribution is 9.10. The van der Waals surface area contributed by atoms with E-state index in [-0.39, 0.29) is 0 Å². The highest BCUT2D eigenvalue weighted by atomic mass is 79.9. The first-order valence-corrected chi connectivity index (χ1v) is 7.20. The first-order valence-electron chi connectivity index (χ1n) is 6.41. The van der Waals surface area contributed by atoms with Gasteiger partial charge in [-0.05, 0) is 52.5 Å². The fourth-order valence-corrected chi connectivity index (χ4v) is 2.19. The molecule has 0 saturated heterocycles. The van der Waals surface area contributed by atoms with E-state index in [1.807, 2.05) is 36.5 Å². The molecule has 1 fully saturated rings. The summed E-state index contributed by atoms with van der Waals surface area (Å²) in [4.78, 5) is 4.23. The number of rotatable bonds is 5. The number of hydrogen-bond acceptors (Lipinski definition) is 3. The smallest absolute Gasteiger partial charge is 0.146 e. The van der Waals surface area contributed by atoms with Crippen molar-refractivity contribution in [3.8, 4) is 11.5 Å². The summed E-state index contributed by atoms with van der Waals surface area (Å²) in [6.07, 6.45) is 6.20. The maximum Gasteiger partial charge on any atom is 0.146 e. The van der Waals surface area contributed by atoms with Crippen molar-refractivity contribution in [2.24, 2.45) is 0 Å². The molecule has 4 heteroatoms. The van der Waals surface area contributed by atoms with E-state index >= 15 is 0 Å². The molecular formula is C15H15BrN2O. The molecule has 1 aromatic heterocycles. The Morgan fingerprint density at radius 1 is 1.26 bits per heavy atom. The third kappa shape index (κ3) is 3.55. The Morgan fingerprint density at radius 3 is 2.89 bits per heavy atom. The summed E-state index contributed by atoms with van der Waals surface area (Å²) in [6, 6.07) is 10.5. The summed E-state index contributed by atoms with van der Waals surface area (Å²) in [7, 11) is 0. The molecule has 1 saturated carbocycles. The molecule has 0 bridgehead atoms. The second kappa shape index (κ2) is 5.72. The van der Waals surface area contributed by atoms with Gasteiger partial charge in [0.25, 0.3) is 0 Å². The topological polar surface area (TPSA) is 34.1 Å². The van der Waals surface area contributed by atoms with Crippen LogP contribution in [0, 0.1) is 0 Å². The molecule has 3 nitrogen and oxygen atoms in total. The molecule has 3 rings (SSSR count). The van der Waals surface area contributed by atoms with E-state index in [0.29, 0.717) is 6.04 Å². The molecule has 1 aromatic carbocycles. The maximum absolute atomic E-state index is 5.84. The second-order valence-corrected chi connectivity index (χ2v) is 5.57. The lowest BCUT2D eigenvalue weighted by atomic mass is 10.2. The minimum atomic E-state index is 0.702. The number of nitrogens with zero attached hydrogens (tertiary/aromatic N) is 1. The Balaban J connectivity index is 1.70. The van der Waals surface area contributed by atoms with Crippen LogP contribution in [0.2, 0.25) is 0 Å². The fourth-order valence-electron chi connectivity index (χ4n) is 1.82. The highest BCUT2D eigenvalue weighted by Crippen LogP contribution is 2.29. The van der Waals surface area contributed by atoms with Crippen LogP contribution in [0.4, 0.5) is 0 Å². The van der Waals surface area contributed by atoms with E-state index in [1.54, 1.807) is 6.20 Å². The quantitative estimate of drug-likeness (QED) is 0.908. The van der Waals surface area contributed by atoms with Gasteiger partial charge in [-0.1, -0.05) is 12.1 Å². The third-order valence-electron chi connectivity index (χ3n) is 3.01. The van der Waals surface area contributed by atoms with Gasteiger partial charge >= 0.3 is 0 Å². The van der Waals surface area contributed by atoms with Crippen molar-refractivity contribution in [1.82, 2.24) is 10.3 Å². The second-order valence-electron chi connectivity index (χ2n) is 4.72. The standard InChI is InChI=1S/C15H15BrN2O/c16-14-3-1-2-4-15(14)19-13-7-11(8-17-10-13)9-18-12-5-6-12/h1-4,7-8,10,12,18H,5-6,9H2. The molecule has 1 aliphatic rings. The molecule has 0 unspecified atom stereocenters. The molecule has 0 amide bonds. The van der Waals surface area contributed by atoms with Gasteiger partial charge in [0.1, 0.15) is 11.5 Å². The van der Waals surface area contributed by atoms with E-state index in [4.69, 9.17) is 4.74 Å². The number of pyridine rings is 1. The summed E-state index contributed by atoms with van der Waals surface area (Å²) in [5, 5.41) is 3.47. The molecule has 0 atom stereocenters. The van der Waals surface area contributed by atoms with Crippen LogP contribution in [0.3, 0.4) is 0 Å². The van der Waals surface area contributed by atoms with Gasteiger partial charge in [-0.3, -0.25) is 4.98 Å². The van der Waals surface area contributed by atoms with Gasteiger partial charge in [-0.2, -0.15) is 0 Å². The largest absolute Gasteiger partial charge is 0.455 e. The Morgan fingerprint density at radius 2 is 2.11 bits per heavy atom. The molecule has 1 aliphatic carbocycles. The normalized spacial score (nSPS) is 14.4. The number of hydrogen-bond donors (Lipinski definition) is 1. The van der Waals surface area contributed by atoms with Crippen molar-refractivity contribution in [2.45, 2.75) is 25.4 Å². The summed E-state index contributed by atoms with van der Waals surface area (Å²) < 4.78 is 6.78. The number of benzene rings is 1. The van der Waals surface area contributed by atoms with Crippen molar-refractivity contribution in [3.63, 3.8) is 0 Å². The molecule has 98 valence electrons. The fraction of sp³-hybridized carbons (Fsp3) is 0.267. The molecule has 1 heterocycles. The molecule has 1 N–H and O–H groups in total. The van der Waals surface area contributed by atoms with Gasteiger partial charge in [-0.25, -0.2) is 0 Å². The maximum atomic E-state index is 5.84. The van der Waals surface area contributed by atoms with Gasteiger partial charge in [0, 0.05) is 18.8 Å². The van der Waals surface area contributed by atoms with E-state index in [1.165, 1.54) is 12.8 Å². The van der Waals surface area contributed by atoms with Gasteiger partial charge in [-0.15, -0.1) is 0 Å². The van der Waals surface area contributed by atoms with Crippen LogP contribution in [-0.2, 0) is 6.54 Å². The highest BCUT2D eigenvalue weighted by Gasteiger charge is 2.19. The average Bonchev–Trinajstić information content (AvgIpc) is 3.24. The first kappa shape index (κ1) is 12.6. The first-order chi connectivity index (χ1) is 9.31. The van der Waals surface area contributed by atoms with Crippen LogP contribution in [-0.4, -0.2) is 11.0 Å². The summed E-state index contributed by atoms with van der Waals surface area (Å²) in [6.45, 7) is 0.852. The van der Waals surface area contributed by atoms with E-state index < -0.39 is 0 Å². The van der Waals surface area contributed by atoms with E-state index in [0.717, 1.165) is 28.1 Å². The van der Waals surface area contributed by atoms with Crippen LogP contribution >= 0.6 is 15.9 Å². The average molecular weight is 319 g/mol. The number of para-hydroxylation sites is 1. The number of nitrogens with one attached hydrogen (secondary N) is 1. The zero-order chi connectivity index (χ0) is 13.1. The Hall–Kier alpha value is -1.39. The van der Waals surface area contributed by atoms with Gasteiger partial charge in [0.2, 0.25) is 0 Å². The Labute approximate surface area is 121 Å². The Kier molecular flexibility index (Phi) is 3.80. The predicted molar refractivity (Wildman–Crippen MR) is 78.3 cm³/mol. The number of ether oxygens (including phenoxy) is 1. The Bertz CT molecular complexity index is 570. The molecular weight excluding hydrogens is 304 g/mol. The number of halogens is 1. The molecule has 2 aromatic rings. The van der Waals surface area contributed by atoms with Crippen molar-refractivity contribution in [1.29, 1.82) is 0 Å². The van der Waals surface area contributed by atoms with E-state index in [9.17, 15) is 0 Å². The predicted octanol–water partition coefficient (Wildman–Crippen LogP) is 3.89. The zero-order valence-corrected chi connectivity index (χ0v) is 12.1. The van der Waals surface area contributed by atoms with Gasteiger partial charge in [0.05, 0.1) is 10.7 Å². The lowest BCUT2D eigenvalue weighted by Gasteiger charge is -2.09. The zero-order valence-electron chi connectivity index (χ0n) is 10.5. The van der Waals surface area contributed by atoms with Crippen LogP contribution in [0.25, 0.3) is 0 Å². The van der Waals surface area contributed by atoms with Crippen LogP contribution in [0.1, 0.15) is 18.4 Å². The van der Waals surface area contributed by atoms with Gasteiger partial charge < -0.3 is 10.1 Å². The van der Waals surface area contributed by atoms with Gasteiger partial charge in [0.15, 0.2) is 0 Å². The molecule has 19 heavy (non-hydrogen) atoms. The molecule has 0 spiro atoms. The summed E-state index contributed by atoms with van der Waals surface area (Å²) >= 11 is 3.47. The minimum absolute atomic E-state index is 0.702. The number of aromatic nitrogens is 1. The monoisotopic (exact) mass is 318 g/mol. The molecule has 0 aliphatic heterocycles. The van der Waals surface area contributed by atoms with Crippen molar-refractivity contribution < 1.29 is 4.74 Å². The van der Waals surface area contributed by atoms with Crippen molar-refractivity contribution in [3.05, 3.63) is 52.8 Å². The van der Waals surface area contributed by atoms with Crippen LogP contribution in [0.15, 0.2) is 47.2 Å². The lowest BCUT2D eigenvalue weighted by Crippen LogP contribution is -2.15. The molecule has 0 radical (unpaired) electrons. The third-order valence-corrected chi connectivity index (χ3v) is 3.66. The van der Waals surface area contributed by atoms with E-state index in [2.05, 4.69) is 26.2 Å². The minimum Gasteiger partial charge on any atom is -0.455 e. The van der Waals surface area contributed by atoms with Crippen LogP contribution < -0.4 is 10.1 Å². The SMILES string of the molecule is Brc1ccccc1Oc1cncc(CNC2CC2)c1. The van der Waals surface area contributed by atoms with Crippen molar-refractivity contribution >= 4 is 15.9 Å². The summed E-state index contributed by atoms with van der Waals surface area (Å²) in [5.74, 6) is 1.57. The van der Waals surface area contributed by atoms with Crippen molar-refractivity contribution in [2.75, 3.05) is 0 Å². The lowest BCUT2D eigenvalue weighted by molar-refractivity contribution is 0.476. The summed E-state index contributed by atoms with van der Waals surface area (Å²) in [5.41, 5.74) is 1.15. The van der Waals surface area contributed by atoms with Crippen LogP contribution in [0.5, 0.6) is 11.5 Å².